The van der Waals surface area contributed by atoms with Crippen molar-refractivity contribution < 1.29 is 8.42 Å². The Kier molecular flexibility index (Phi) is 4.63. The minimum absolute atomic E-state index is 0.163. The number of hydrogen-bond acceptors (Lipinski definition) is 3. The fourth-order valence-electron chi connectivity index (χ4n) is 3.32. The van der Waals surface area contributed by atoms with Crippen molar-refractivity contribution in [3.05, 3.63) is 24.3 Å². The third-order valence-corrected chi connectivity index (χ3v) is 5.30. The molecule has 0 spiro atoms. The highest BCUT2D eigenvalue weighted by Crippen LogP contribution is 2.39. The highest BCUT2D eigenvalue weighted by molar-refractivity contribution is 7.89. The van der Waals surface area contributed by atoms with Crippen molar-refractivity contribution in [1.82, 2.24) is 0 Å². The highest BCUT2D eigenvalue weighted by atomic mass is 32.2. The maximum absolute atomic E-state index is 11.5. The zero-order valence-electron chi connectivity index (χ0n) is 13.1. The van der Waals surface area contributed by atoms with E-state index in [-0.39, 0.29) is 10.3 Å². The quantitative estimate of drug-likeness (QED) is 0.899. The Hall–Kier alpha value is -1.07. The molecule has 1 aromatic carbocycles. The standard InChI is InChI=1S/C16H26N2O2S/c1-16(2,3)14-9-4-5-10-15(14)18-12-7-6-8-13(11-12)21(17,19)20/h6-8,11,14-15,18H,4-5,9-10H2,1-3H3,(H2,17,19,20). The molecule has 1 aliphatic carbocycles. The zero-order chi connectivity index (χ0) is 15.7. The van der Waals surface area contributed by atoms with E-state index in [0.717, 1.165) is 12.1 Å². The molecular formula is C16H26N2O2S. The summed E-state index contributed by atoms with van der Waals surface area (Å²) < 4.78 is 22.9. The SMILES string of the molecule is CC(C)(C)C1CCCCC1Nc1cccc(S(N)(=O)=O)c1. The molecule has 1 fully saturated rings. The number of anilines is 1. The van der Waals surface area contributed by atoms with Crippen molar-refractivity contribution in [2.24, 2.45) is 16.5 Å². The number of primary sulfonamides is 1. The summed E-state index contributed by atoms with van der Waals surface area (Å²) in [6, 6.07) is 7.18. The van der Waals surface area contributed by atoms with Crippen molar-refractivity contribution in [3.8, 4) is 0 Å². The molecule has 1 aliphatic rings. The maximum Gasteiger partial charge on any atom is 0.238 e. The summed E-state index contributed by atoms with van der Waals surface area (Å²) in [7, 11) is -3.65. The number of nitrogens with one attached hydrogen (secondary N) is 1. The van der Waals surface area contributed by atoms with Crippen LogP contribution in [0, 0.1) is 11.3 Å². The number of benzene rings is 1. The second-order valence-electron chi connectivity index (χ2n) is 7.08. The van der Waals surface area contributed by atoms with Gasteiger partial charge in [-0.1, -0.05) is 39.7 Å². The van der Waals surface area contributed by atoms with Crippen molar-refractivity contribution in [1.29, 1.82) is 0 Å². The minimum Gasteiger partial charge on any atom is -0.382 e. The molecule has 118 valence electrons. The first-order valence-electron chi connectivity index (χ1n) is 7.57. The first kappa shape index (κ1) is 16.3. The van der Waals surface area contributed by atoms with Crippen LogP contribution in [-0.4, -0.2) is 14.5 Å². The molecule has 4 nitrogen and oxygen atoms in total. The van der Waals surface area contributed by atoms with E-state index in [0.29, 0.717) is 12.0 Å². The van der Waals surface area contributed by atoms with Gasteiger partial charge in [-0.3, -0.25) is 0 Å². The Morgan fingerprint density at radius 2 is 1.86 bits per heavy atom. The van der Waals surface area contributed by atoms with Gasteiger partial charge in [-0.25, -0.2) is 13.6 Å². The fourth-order valence-corrected chi connectivity index (χ4v) is 3.88. The Balaban J connectivity index is 2.20. The normalized spacial score (nSPS) is 23.8. The number of rotatable bonds is 3. The van der Waals surface area contributed by atoms with Gasteiger partial charge in [-0.15, -0.1) is 0 Å². The average molecular weight is 310 g/mol. The van der Waals surface area contributed by atoms with Gasteiger partial charge in [0.2, 0.25) is 10.0 Å². The van der Waals surface area contributed by atoms with Crippen LogP contribution < -0.4 is 10.5 Å². The molecule has 0 amide bonds. The summed E-state index contributed by atoms with van der Waals surface area (Å²) >= 11 is 0. The van der Waals surface area contributed by atoms with Crippen molar-refractivity contribution in [3.63, 3.8) is 0 Å². The molecule has 0 aliphatic heterocycles. The molecule has 0 bridgehead atoms. The van der Waals surface area contributed by atoms with Crippen LogP contribution in [0.25, 0.3) is 0 Å². The second-order valence-corrected chi connectivity index (χ2v) is 8.64. The van der Waals surface area contributed by atoms with Gasteiger partial charge in [0, 0.05) is 11.7 Å². The van der Waals surface area contributed by atoms with Crippen LogP contribution in [0.1, 0.15) is 46.5 Å². The van der Waals surface area contributed by atoms with Gasteiger partial charge < -0.3 is 5.32 Å². The predicted octanol–water partition coefficient (Wildman–Crippen LogP) is 3.35. The summed E-state index contributed by atoms with van der Waals surface area (Å²) in [5, 5.41) is 8.73. The lowest BCUT2D eigenvalue weighted by Crippen LogP contribution is -2.39. The van der Waals surface area contributed by atoms with Crippen LogP contribution in [0.4, 0.5) is 5.69 Å². The molecule has 0 saturated heterocycles. The van der Waals surface area contributed by atoms with Gasteiger partial charge in [-0.2, -0.15) is 0 Å². The molecule has 0 aromatic heterocycles. The lowest BCUT2D eigenvalue weighted by Gasteiger charge is -2.41. The van der Waals surface area contributed by atoms with Crippen LogP contribution in [0.15, 0.2) is 29.2 Å². The van der Waals surface area contributed by atoms with Gasteiger partial charge in [0.05, 0.1) is 4.90 Å². The molecule has 2 atom stereocenters. The molecule has 1 saturated carbocycles. The Bertz CT molecular complexity index is 591. The van der Waals surface area contributed by atoms with E-state index in [2.05, 4.69) is 26.1 Å². The zero-order valence-corrected chi connectivity index (χ0v) is 13.9. The van der Waals surface area contributed by atoms with E-state index in [1.54, 1.807) is 12.1 Å². The first-order chi connectivity index (χ1) is 9.68. The monoisotopic (exact) mass is 310 g/mol. The van der Waals surface area contributed by atoms with Crippen molar-refractivity contribution >= 4 is 15.7 Å². The lowest BCUT2D eigenvalue weighted by atomic mass is 9.69. The number of sulfonamides is 1. The average Bonchev–Trinajstić information content (AvgIpc) is 2.37. The van der Waals surface area contributed by atoms with Crippen LogP contribution in [0.5, 0.6) is 0 Å². The Morgan fingerprint density at radius 1 is 1.19 bits per heavy atom. The first-order valence-corrected chi connectivity index (χ1v) is 9.12. The van der Waals surface area contributed by atoms with Crippen molar-refractivity contribution in [2.45, 2.75) is 57.4 Å². The third-order valence-electron chi connectivity index (χ3n) is 4.39. The number of hydrogen-bond donors (Lipinski definition) is 2. The molecule has 1 aromatic rings. The van der Waals surface area contributed by atoms with E-state index >= 15 is 0 Å². The summed E-state index contributed by atoms with van der Waals surface area (Å²) in [6.45, 7) is 6.83. The van der Waals surface area contributed by atoms with E-state index in [1.807, 2.05) is 6.07 Å². The second kappa shape index (κ2) is 5.97. The summed E-state index contributed by atoms with van der Waals surface area (Å²) in [5.74, 6) is 0.587. The van der Waals surface area contributed by atoms with Gasteiger partial charge in [0.15, 0.2) is 0 Å². The molecule has 21 heavy (non-hydrogen) atoms. The molecule has 0 radical (unpaired) electrons. The maximum atomic E-state index is 11.5. The van der Waals surface area contributed by atoms with E-state index in [1.165, 1.54) is 25.3 Å². The summed E-state index contributed by atoms with van der Waals surface area (Å²) in [4.78, 5) is 0.163. The topological polar surface area (TPSA) is 72.2 Å². The van der Waals surface area contributed by atoms with Crippen LogP contribution in [-0.2, 0) is 10.0 Å². The van der Waals surface area contributed by atoms with Crippen LogP contribution in [0.2, 0.25) is 0 Å². The molecule has 2 unspecified atom stereocenters. The Labute approximate surface area is 128 Å². The van der Waals surface area contributed by atoms with Crippen LogP contribution in [0.3, 0.4) is 0 Å². The number of nitrogens with two attached hydrogens (primary N) is 1. The summed E-state index contributed by atoms with van der Waals surface area (Å²) in [6.07, 6.45) is 4.84. The predicted molar refractivity (Wildman–Crippen MR) is 86.6 cm³/mol. The molecule has 2 rings (SSSR count). The third kappa shape index (κ3) is 4.20. The van der Waals surface area contributed by atoms with Gasteiger partial charge in [-0.05, 0) is 42.4 Å². The fraction of sp³-hybridized carbons (Fsp3) is 0.625. The highest BCUT2D eigenvalue weighted by Gasteiger charge is 2.34. The minimum atomic E-state index is -3.65. The van der Waals surface area contributed by atoms with Gasteiger partial charge in [0.1, 0.15) is 0 Å². The van der Waals surface area contributed by atoms with Crippen molar-refractivity contribution in [2.75, 3.05) is 5.32 Å². The molecule has 3 N–H and O–H groups in total. The van der Waals surface area contributed by atoms with E-state index in [4.69, 9.17) is 5.14 Å². The van der Waals surface area contributed by atoms with E-state index < -0.39 is 10.0 Å². The van der Waals surface area contributed by atoms with Crippen LogP contribution >= 0.6 is 0 Å². The van der Waals surface area contributed by atoms with E-state index in [9.17, 15) is 8.42 Å². The Morgan fingerprint density at radius 3 is 2.48 bits per heavy atom. The smallest absolute Gasteiger partial charge is 0.238 e. The largest absolute Gasteiger partial charge is 0.382 e. The molecule has 5 heteroatoms. The molecule has 0 heterocycles. The molecular weight excluding hydrogens is 284 g/mol. The van der Waals surface area contributed by atoms with Gasteiger partial charge >= 0.3 is 0 Å². The lowest BCUT2D eigenvalue weighted by molar-refractivity contribution is 0.163. The summed E-state index contributed by atoms with van der Waals surface area (Å²) in [5.41, 5.74) is 1.08. The van der Waals surface area contributed by atoms with Gasteiger partial charge in [0.25, 0.3) is 0 Å².